The number of ether oxygens (including phenoxy) is 2. The van der Waals surface area contributed by atoms with Gasteiger partial charge in [-0.05, 0) is 44.2 Å². The molecule has 8 heteroatoms. The number of rotatable bonds is 5. The van der Waals surface area contributed by atoms with Gasteiger partial charge in [0.15, 0.2) is 11.5 Å². The summed E-state index contributed by atoms with van der Waals surface area (Å²) in [5.41, 5.74) is 1.47. The summed E-state index contributed by atoms with van der Waals surface area (Å²) in [4.78, 5) is 26.8. The molecule has 1 aliphatic heterocycles. The number of benzene rings is 2. The second-order valence-electron chi connectivity index (χ2n) is 7.34. The summed E-state index contributed by atoms with van der Waals surface area (Å²) in [5, 5.41) is 2.42. The zero-order valence-corrected chi connectivity index (χ0v) is 18.6. The van der Waals surface area contributed by atoms with Crippen LogP contribution in [0, 0.1) is 6.92 Å². The number of anilines is 1. The highest BCUT2D eigenvalue weighted by atomic mass is 32.2. The van der Waals surface area contributed by atoms with Crippen molar-refractivity contribution < 1.29 is 14.3 Å². The lowest BCUT2D eigenvalue weighted by molar-refractivity contribution is -0.115. The van der Waals surface area contributed by atoms with Crippen LogP contribution in [0.2, 0.25) is 0 Å². The van der Waals surface area contributed by atoms with E-state index in [4.69, 9.17) is 9.47 Å². The quantitative estimate of drug-likeness (QED) is 0.613. The molecule has 0 saturated carbocycles. The Morgan fingerprint density at radius 2 is 1.81 bits per heavy atom. The van der Waals surface area contributed by atoms with Crippen LogP contribution >= 0.6 is 11.8 Å². The zero-order chi connectivity index (χ0) is 22.0. The van der Waals surface area contributed by atoms with Crippen LogP contribution in [0.15, 0.2) is 58.2 Å². The number of thioether (sulfide) groups is 1. The minimum absolute atomic E-state index is 0.233. The maximum atomic E-state index is 13.0. The lowest BCUT2D eigenvalue weighted by Gasteiger charge is -2.13. The first kappa shape index (κ1) is 21.1. The smallest absolute Gasteiger partial charge is 0.295 e. The normalized spacial score (nSPS) is 14.0. The molecule has 2 heterocycles. The van der Waals surface area contributed by atoms with Crippen LogP contribution in [0.4, 0.5) is 5.69 Å². The first-order valence-electron chi connectivity index (χ1n) is 10.2. The lowest BCUT2D eigenvalue weighted by Crippen LogP contribution is -2.27. The lowest BCUT2D eigenvalue weighted by atomic mass is 10.3. The van der Waals surface area contributed by atoms with Gasteiger partial charge in [-0.15, -0.1) is 11.8 Å². The van der Waals surface area contributed by atoms with Gasteiger partial charge in [-0.3, -0.25) is 14.3 Å². The van der Waals surface area contributed by atoms with Gasteiger partial charge in [-0.25, -0.2) is 4.68 Å². The highest BCUT2D eigenvalue weighted by Crippen LogP contribution is 2.35. The van der Waals surface area contributed by atoms with E-state index in [-0.39, 0.29) is 11.5 Å². The summed E-state index contributed by atoms with van der Waals surface area (Å²) in [7, 11) is 1.80. The van der Waals surface area contributed by atoms with Crippen LogP contribution in [0.5, 0.6) is 11.5 Å². The first-order valence-corrected chi connectivity index (χ1v) is 11.0. The van der Waals surface area contributed by atoms with E-state index in [2.05, 4.69) is 5.32 Å². The molecular weight excluding hydrogens is 414 g/mol. The molecule has 2 aromatic carbocycles. The molecule has 31 heavy (non-hydrogen) atoms. The van der Waals surface area contributed by atoms with Crippen LogP contribution in [-0.4, -0.2) is 33.7 Å². The number of amides is 1. The fraction of sp³-hybridized carbons (Fsp3) is 0.304. The van der Waals surface area contributed by atoms with E-state index in [0.717, 1.165) is 22.8 Å². The summed E-state index contributed by atoms with van der Waals surface area (Å²) in [6, 6.07) is 15.0. The number of nitrogens with one attached hydrogen (secondary N) is 1. The molecule has 0 saturated heterocycles. The van der Waals surface area contributed by atoms with Gasteiger partial charge < -0.3 is 14.8 Å². The maximum Gasteiger partial charge on any atom is 0.295 e. The van der Waals surface area contributed by atoms with Crippen LogP contribution in [0.3, 0.4) is 0 Å². The third-order valence-electron chi connectivity index (χ3n) is 5.20. The Morgan fingerprint density at radius 3 is 2.55 bits per heavy atom. The first-order chi connectivity index (χ1) is 15.0. The Hall–Kier alpha value is -3.13. The van der Waals surface area contributed by atoms with Crippen molar-refractivity contribution in [3.05, 3.63) is 64.6 Å². The fourth-order valence-electron chi connectivity index (χ4n) is 3.41. The number of nitrogens with zero attached hydrogens (tertiary/aromatic N) is 2. The Morgan fingerprint density at radius 1 is 1.10 bits per heavy atom. The highest BCUT2D eigenvalue weighted by molar-refractivity contribution is 8.00. The molecule has 1 aliphatic rings. The molecule has 3 aromatic rings. The van der Waals surface area contributed by atoms with Crippen molar-refractivity contribution in [1.29, 1.82) is 0 Å². The second kappa shape index (κ2) is 8.93. The third-order valence-corrected chi connectivity index (χ3v) is 6.30. The Kier molecular flexibility index (Phi) is 6.08. The monoisotopic (exact) mass is 439 g/mol. The molecule has 0 spiro atoms. The van der Waals surface area contributed by atoms with Crippen LogP contribution < -0.4 is 20.3 Å². The Labute approximate surface area is 184 Å². The van der Waals surface area contributed by atoms with Gasteiger partial charge in [0.1, 0.15) is 5.69 Å². The van der Waals surface area contributed by atoms with E-state index < -0.39 is 5.25 Å². The predicted molar refractivity (Wildman–Crippen MR) is 122 cm³/mol. The van der Waals surface area contributed by atoms with Crippen LogP contribution in [0.1, 0.15) is 19.0 Å². The highest BCUT2D eigenvalue weighted by Gasteiger charge is 2.22. The van der Waals surface area contributed by atoms with Gasteiger partial charge in [0.25, 0.3) is 5.56 Å². The molecule has 1 N–H and O–H groups in total. The van der Waals surface area contributed by atoms with Crippen LogP contribution in [-0.2, 0) is 11.8 Å². The number of aromatic nitrogens is 2. The third kappa shape index (κ3) is 4.34. The van der Waals surface area contributed by atoms with E-state index in [1.54, 1.807) is 16.4 Å². The molecule has 1 atom stereocenters. The van der Waals surface area contributed by atoms with Crippen molar-refractivity contribution >= 4 is 23.4 Å². The van der Waals surface area contributed by atoms with Gasteiger partial charge in [0, 0.05) is 18.4 Å². The van der Waals surface area contributed by atoms with Crippen molar-refractivity contribution in [2.45, 2.75) is 30.4 Å². The van der Waals surface area contributed by atoms with Crippen molar-refractivity contribution in [1.82, 2.24) is 9.36 Å². The Balaban J connectivity index is 1.51. The van der Waals surface area contributed by atoms with E-state index in [1.807, 2.05) is 62.4 Å². The number of carbonyl (C=O) groups excluding carboxylic acids is 1. The van der Waals surface area contributed by atoms with Crippen molar-refractivity contribution in [2.24, 2.45) is 7.05 Å². The summed E-state index contributed by atoms with van der Waals surface area (Å²) in [6.07, 6.45) is 0.840. The standard InChI is InChI=1S/C23H25N3O4S/c1-15-21(23(28)26(25(15)3)17-8-5-4-6-9-17)24-22(27)16(2)31-18-10-11-19-20(14-18)30-13-7-12-29-19/h4-6,8-11,14,16H,7,12-13H2,1-3H3,(H,24,27)/t16-/m0/s1. The molecule has 1 aromatic heterocycles. The zero-order valence-electron chi connectivity index (χ0n) is 17.8. The van der Waals surface area contributed by atoms with Gasteiger partial charge >= 0.3 is 0 Å². The average molecular weight is 440 g/mol. The molecule has 0 fully saturated rings. The summed E-state index contributed by atoms with van der Waals surface area (Å²) in [5.74, 6) is 1.18. The molecule has 0 bridgehead atoms. The minimum Gasteiger partial charge on any atom is -0.490 e. The van der Waals surface area contributed by atoms with Gasteiger partial charge in [0.05, 0.1) is 29.8 Å². The van der Waals surface area contributed by atoms with E-state index in [0.29, 0.717) is 30.3 Å². The SMILES string of the molecule is Cc1c(NC(=O)[C@H](C)Sc2ccc3c(c2)OCCCO3)c(=O)n(-c2ccccc2)n1C. The Bertz CT molecular complexity index is 1150. The number of fused-ring (bicyclic) bond motifs is 1. The molecule has 0 radical (unpaired) electrons. The number of hydrogen-bond acceptors (Lipinski definition) is 5. The largest absolute Gasteiger partial charge is 0.490 e. The van der Waals surface area contributed by atoms with E-state index in [9.17, 15) is 9.59 Å². The van der Waals surface area contributed by atoms with E-state index in [1.165, 1.54) is 11.8 Å². The predicted octanol–water partition coefficient (Wildman–Crippen LogP) is 3.77. The van der Waals surface area contributed by atoms with Crippen LogP contribution in [0.25, 0.3) is 5.69 Å². The molecule has 0 unspecified atom stereocenters. The average Bonchev–Trinajstić information content (AvgIpc) is 2.94. The van der Waals surface area contributed by atoms with Crippen molar-refractivity contribution in [3.63, 3.8) is 0 Å². The molecule has 7 nitrogen and oxygen atoms in total. The molecule has 0 aliphatic carbocycles. The van der Waals surface area contributed by atoms with Gasteiger partial charge in [0.2, 0.25) is 5.91 Å². The maximum absolute atomic E-state index is 13.0. The number of para-hydroxylation sites is 1. The summed E-state index contributed by atoms with van der Waals surface area (Å²) < 4.78 is 14.7. The fourth-order valence-corrected chi connectivity index (χ4v) is 4.31. The minimum atomic E-state index is -0.408. The van der Waals surface area contributed by atoms with Gasteiger partial charge in [-0.1, -0.05) is 18.2 Å². The van der Waals surface area contributed by atoms with E-state index >= 15 is 0 Å². The topological polar surface area (TPSA) is 74.5 Å². The molecule has 4 rings (SSSR count). The van der Waals surface area contributed by atoms with Crippen molar-refractivity contribution in [2.75, 3.05) is 18.5 Å². The summed E-state index contributed by atoms with van der Waals surface area (Å²) >= 11 is 1.41. The number of carbonyl (C=O) groups is 1. The van der Waals surface area contributed by atoms with Crippen molar-refractivity contribution in [3.8, 4) is 17.2 Å². The molecular formula is C23H25N3O4S. The van der Waals surface area contributed by atoms with Gasteiger partial charge in [-0.2, -0.15) is 0 Å². The molecule has 162 valence electrons. The summed E-state index contributed by atoms with van der Waals surface area (Å²) in [6.45, 7) is 4.88. The second-order valence-corrected chi connectivity index (χ2v) is 8.76. The molecule has 1 amide bonds. The number of hydrogen-bond donors (Lipinski definition) is 1.